The Morgan fingerprint density at radius 2 is 1.96 bits per heavy atom. The molecule has 5 nitrogen and oxygen atoms in total. The summed E-state index contributed by atoms with van der Waals surface area (Å²) in [5.74, 6) is -0.207. The molecule has 1 aromatic heterocycles. The maximum Gasteiger partial charge on any atom is 0.269 e. The molecule has 0 aliphatic rings. The number of hydrogen-bond donors (Lipinski definition) is 0. The molecule has 0 spiro atoms. The third-order valence-electron chi connectivity index (χ3n) is 4.43. The zero-order valence-electron chi connectivity index (χ0n) is 14.3. The van der Waals surface area contributed by atoms with Gasteiger partial charge in [-0.15, -0.1) is 0 Å². The van der Waals surface area contributed by atoms with Crippen LogP contribution in [0.1, 0.15) is 18.5 Å². The monoisotopic (exact) mass is 389 g/mol. The van der Waals surface area contributed by atoms with Crippen LogP contribution >= 0.6 is 23.2 Å². The summed E-state index contributed by atoms with van der Waals surface area (Å²) in [7, 11) is 1.69. The van der Waals surface area contributed by atoms with Crippen molar-refractivity contribution in [1.29, 1.82) is 0 Å². The van der Waals surface area contributed by atoms with Crippen LogP contribution in [0.3, 0.4) is 0 Å². The molecule has 1 amide bonds. The molecule has 0 aliphatic heterocycles. The maximum absolute atomic E-state index is 12.8. The number of halogens is 2. The minimum Gasteiger partial charge on any atom is -0.337 e. The highest BCUT2D eigenvalue weighted by atomic mass is 35.5. The molecule has 0 N–H and O–H groups in total. The van der Waals surface area contributed by atoms with Gasteiger partial charge in [-0.2, -0.15) is 0 Å². The molecule has 7 heteroatoms. The Hall–Kier alpha value is -2.37. The van der Waals surface area contributed by atoms with E-state index >= 15 is 0 Å². The van der Waals surface area contributed by atoms with Gasteiger partial charge in [-0.05, 0) is 36.8 Å². The molecule has 26 heavy (non-hydrogen) atoms. The van der Waals surface area contributed by atoms with Gasteiger partial charge in [0.2, 0.25) is 5.91 Å². The molecule has 0 saturated carbocycles. The van der Waals surface area contributed by atoms with E-state index in [1.807, 2.05) is 19.1 Å². The van der Waals surface area contributed by atoms with Gasteiger partial charge in [0, 0.05) is 17.1 Å². The lowest BCUT2D eigenvalue weighted by atomic mass is 10.1. The van der Waals surface area contributed by atoms with E-state index in [2.05, 4.69) is 4.98 Å². The largest absolute Gasteiger partial charge is 0.337 e. The zero-order chi connectivity index (χ0) is 18.8. The summed E-state index contributed by atoms with van der Waals surface area (Å²) in [4.78, 5) is 30.7. The van der Waals surface area contributed by atoms with Crippen LogP contribution < -0.4 is 5.56 Å². The molecular weight excluding hydrogens is 373 g/mol. The number of fused-ring (bicyclic) bond motifs is 1. The molecule has 1 atom stereocenters. The number of nitrogens with zero attached hydrogens (tertiary/aromatic N) is 3. The average molecular weight is 390 g/mol. The van der Waals surface area contributed by atoms with Gasteiger partial charge in [0.1, 0.15) is 6.54 Å². The SMILES string of the molecule is CC(c1ccc(Cl)cc1Cl)N(C)C(=O)Cn1c(=O)cnc2ccccc21. The minimum atomic E-state index is -0.317. The quantitative estimate of drug-likeness (QED) is 0.679. The number of para-hydroxylation sites is 2. The van der Waals surface area contributed by atoms with Crippen LogP contribution in [0.5, 0.6) is 0 Å². The van der Waals surface area contributed by atoms with E-state index in [9.17, 15) is 9.59 Å². The van der Waals surface area contributed by atoms with E-state index in [1.165, 1.54) is 10.8 Å². The summed E-state index contributed by atoms with van der Waals surface area (Å²) in [6, 6.07) is 12.1. The number of benzene rings is 2. The molecule has 0 fully saturated rings. The van der Waals surface area contributed by atoms with Crippen molar-refractivity contribution < 1.29 is 4.79 Å². The summed E-state index contributed by atoms with van der Waals surface area (Å²) in [6.45, 7) is 1.80. The van der Waals surface area contributed by atoms with Gasteiger partial charge in [0.15, 0.2) is 0 Å². The molecular formula is C19H17Cl2N3O2. The van der Waals surface area contributed by atoms with Crippen molar-refractivity contribution in [2.75, 3.05) is 7.05 Å². The minimum absolute atomic E-state index is 0.0755. The Kier molecular flexibility index (Phi) is 5.30. The lowest BCUT2D eigenvalue weighted by molar-refractivity contribution is -0.132. The number of carbonyl (C=O) groups is 1. The van der Waals surface area contributed by atoms with Gasteiger partial charge in [0.25, 0.3) is 5.56 Å². The van der Waals surface area contributed by atoms with Gasteiger partial charge in [-0.25, -0.2) is 4.98 Å². The van der Waals surface area contributed by atoms with Crippen LogP contribution in [0, 0.1) is 0 Å². The van der Waals surface area contributed by atoms with E-state index in [-0.39, 0.29) is 24.1 Å². The van der Waals surface area contributed by atoms with Crippen LogP contribution in [0.15, 0.2) is 53.5 Å². The van der Waals surface area contributed by atoms with Crippen molar-refractivity contribution in [2.24, 2.45) is 0 Å². The first-order valence-electron chi connectivity index (χ1n) is 8.03. The van der Waals surface area contributed by atoms with Crippen molar-refractivity contribution in [3.63, 3.8) is 0 Å². The number of likely N-dealkylation sites (N-methyl/N-ethyl adjacent to an activating group) is 1. The number of amides is 1. The van der Waals surface area contributed by atoms with Gasteiger partial charge in [-0.3, -0.25) is 14.2 Å². The first-order valence-corrected chi connectivity index (χ1v) is 8.79. The van der Waals surface area contributed by atoms with E-state index < -0.39 is 0 Å². The van der Waals surface area contributed by atoms with Crippen molar-refractivity contribution in [1.82, 2.24) is 14.5 Å². The van der Waals surface area contributed by atoms with Gasteiger partial charge >= 0.3 is 0 Å². The van der Waals surface area contributed by atoms with Crippen LogP contribution in [-0.4, -0.2) is 27.4 Å². The Bertz CT molecular complexity index is 1030. The topological polar surface area (TPSA) is 55.2 Å². The molecule has 134 valence electrons. The van der Waals surface area contributed by atoms with E-state index in [1.54, 1.807) is 42.3 Å². The predicted molar refractivity (Wildman–Crippen MR) is 104 cm³/mol. The van der Waals surface area contributed by atoms with Crippen molar-refractivity contribution in [3.8, 4) is 0 Å². The molecule has 3 aromatic rings. The van der Waals surface area contributed by atoms with Crippen LogP contribution in [0.2, 0.25) is 10.0 Å². The summed E-state index contributed by atoms with van der Waals surface area (Å²) >= 11 is 12.2. The normalized spacial score (nSPS) is 12.2. The van der Waals surface area contributed by atoms with Crippen LogP contribution in [0.25, 0.3) is 11.0 Å². The van der Waals surface area contributed by atoms with Gasteiger partial charge < -0.3 is 4.90 Å². The number of aromatic nitrogens is 2. The molecule has 1 heterocycles. The first-order chi connectivity index (χ1) is 12.4. The number of rotatable bonds is 4. The second-order valence-electron chi connectivity index (χ2n) is 6.02. The lowest BCUT2D eigenvalue weighted by Gasteiger charge is -2.26. The van der Waals surface area contributed by atoms with Crippen molar-refractivity contribution in [2.45, 2.75) is 19.5 Å². The average Bonchev–Trinajstić information content (AvgIpc) is 2.63. The van der Waals surface area contributed by atoms with E-state index in [4.69, 9.17) is 23.2 Å². The highest BCUT2D eigenvalue weighted by Crippen LogP contribution is 2.29. The summed E-state index contributed by atoms with van der Waals surface area (Å²) in [5, 5.41) is 1.03. The molecule has 0 radical (unpaired) electrons. The Morgan fingerprint density at radius 3 is 2.69 bits per heavy atom. The highest BCUT2D eigenvalue weighted by Gasteiger charge is 2.21. The third-order valence-corrected chi connectivity index (χ3v) is 5.00. The highest BCUT2D eigenvalue weighted by molar-refractivity contribution is 6.35. The summed E-state index contributed by atoms with van der Waals surface area (Å²) < 4.78 is 1.43. The fourth-order valence-corrected chi connectivity index (χ4v) is 3.36. The van der Waals surface area contributed by atoms with Crippen molar-refractivity contribution in [3.05, 3.63) is 74.6 Å². The van der Waals surface area contributed by atoms with Gasteiger partial charge in [0.05, 0.1) is 23.3 Å². The second-order valence-corrected chi connectivity index (χ2v) is 6.86. The fraction of sp³-hybridized carbons (Fsp3) is 0.211. The lowest BCUT2D eigenvalue weighted by Crippen LogP contribution is -2.35. The molecule has 0 aliphatic carbocycles. The summed E-state index contributed by atoms with van der Waals surface area (Å²) in [5.41, 5.74) is 1.76. The summed E-state index contributed by atoms with van der Waals surface area (Å²) in [6.07, 6.45) is 1.23. The molecule has 3 rings (SSSR count). The fourth-order valence-electron chi connectivity index (χ4n) is 2.79. The first kappa shape index (κ1) is 18.4. The Morgan fingerprint density at radius 1 is 1.23 bits per heavy atom. The Labute approximate surface area is 160 Å². The maximum atomic E-state index is 12.8. The molecule has 0 saturated heterocycles. The van der Waals surface area contributed by atoms with E-state index in [0.717, 1.165) is 5.56 Å². The zero-order valence-corrected chi connectivity index (χ0v) is 15.8. The van der Waals surface area contributed by atoms with Gasteiger partial charge in [-0.1, -0.05) is 41.4 Å². The standard InChI is InChI=1S/C19H17Cl2N3O2/c1-12(14-8-7-13(20)9-15(14)21)23(2)19(26)11-24-17-6-4-3-5-16(17)22-10-18(24)25/h3-10,12H,11H2,1-2H3. The smallest absolute Gasteiger partial charge is 0.269 e. The molecule has 0 bridgehead atoms. The Balaban J connectivity index is 1.88. The van der Waals surface area contributed by atoms with Crippen LogP contribution in [0.4, 0.5) is 0 Å². The predicted octanol–water partition coefficient (Wildman–Crippen LogP) is 3.92. The van der Waals surface area contributed by atoms with E-state index in [0.29, 0.717) is 21.1 Å². The third kappa shape index (κ3) is 3.59. The van der Waals surface area contributed by atoms with Crippen molar-refractivity contribution >= 4 is 40.1 Å². The second kappa shape index (κ2) is 7.48. The number of carbonyl (C=O) groups excluding carboxylic acids is 1. The number of hydrogen-bond acceptors (Lipinski definition) is 3. The van der Waals surface area contributed by atoms with Crippen LogP contribution in [-0.2, 0) is 11.3 Å². The molecule has 2 aromatic carbocycles. The molecule has 1 unspecified atom stereocenters.